The van der Waals surface area contributed by atoms with Gasteiger partial charge in [-0.1, -0.05) is 38.1 Å². The highest BCUT2D eigenvalue weighted by atomic mass is 16.5. The van der Waals surface area contributed by atoms with E-state index in [1.165, 1.54) is 6.20 Å². The third kappa shape index (κ3) is 2.57. The van der Waals surface area contributed by atoms with Crippen molar-refractivity contribution in [1.82, 2.24) is 10.3 Å². The highest BCUT2D eigenvalue weighted by Crippen LogP contribution is 2.51. The number of nitrogens with zero attached hydrogens (tertiary/aromatic N) is 1. The monoisotopic (exact) mass is 342 g/mol. The Morgan fingerprint density at radius 2 is 2.04 bits per heavy atom. The molecule has 0 unspecified atom stereocenters. The van der Waals surface area contributed by atoms with Crippen LogP contribution in [0.1, 0.15) is 37.6 Å². The van der Waals surface area contributed by atoms with Gasteiger partial charge in [-0.3, -0.25) is 9.78 Å². The maximum Gasteiger partial charge on any atom is 0.330 e. The van der Waals surface area contributed by atoms with E-state index in [0.717, 1.165) is 10.8 Å². The molecule has 1 aromatic carbocycles. The fourth-order valence-corrected chi connectivity index (χ4v) is 3.60. The minimum absolute atomic E-state index is 0.209. The Balaban J connectivity index is 1.94. The summed E-state index contributed by atoms with van der Waals surface area (Å²) in [6, 6.07) is 7.40. The molecule has 1 aromatic heterocycles. The summed E-state index contributed by atoms with van der Waals surface area (Å²) in [5.74, 6) is -1.48. The van der Waals surface area contributed by atoms with Crippen LogP contribution in [0, 0.1) is 5.41 Å². The van der Waals surface area contributed by atoms with Gasteiger partial charge in [-0.25, -0.2) is 4.79 Å². The zero-order chi connectivity index (χ0) is 18.2. The average Bonchev–Trinajstić information content (AvgIpc) is 2.59. The molecular weight excluding hydrogens is 320 g/mol. The van der Waals surface area contributed by atoms with E-state index in [1.807, 2.05) is 45.0 Å². The SMILES string of the molecule is CCO[C@H]1C[C@](NC(=O)c2cncc3ccccc23)(C(=O)O)C1(C)C. The summed E-state index contributed by atoms with van der Waals surface area (Å²) in [5.41, 5.74) is -1.71. The van der Waals surface area contributed by atoms with Gasteiger partial charge in [0.05, 0.1) is 11.7 Å². The number of benzene rings is 1. The Bertz CT molecular complexity index is 828. The van der Waals surface area contributed by atoms with Crippen LogP contribution in [0.5, 0.6) is 0 Å². The zero-order valence-electron chi connectivity index (χ0n) is 14.6. The van der Waals surface area contributed by atoms with Crippen LogP contribution in [0.3, 0.4) is 0 Å². The molecule has 0 bridgehead atoms. The van der Waals surface area contributed by atoms with Crippen molar-refractivity contribution in [2.24, 2.45) is 5.41 Å². The molecule has 1 fully saturated rings. The number of carbonyl (C=O) groups is 2. The minimum atomic E-state index is -1.36. The Kier molecular flexibility index (Phi) is 4.24. The van der Waals surface area contributed by atoms with Crippen LogP contribution in [0.2, 0.25) is 0 Å². The zero-order valence-corrected chi connectivity index (χ0v) is 14.6. The molecule has 2 N–H and O–H groups in total. The van der Waals surface area contributed by atoms with Gasteiger partial charge in [0.1, 0.15) is 5.54 Å². The smallest absolute Gasteiger partial charge is 0.330 e. The normalized spacial score (nSPS) is 24.5. The Morgan fingerprint density at radius 1 is 1.32 bits per heavy atom. The van der Waals surface area contributed by atoms with E-state index in [9.17, 15) is 14.7 Å². The molecule has 1 heterocycles. The molecule has 6 nitrogen and oxygen atoms in total. The van der Waals surface area contributed by atoms with Crippen molar-refractivity contribution in [1.29, 1.82) is 0 Å². The van der Waals surface area contributed by atoms with Crippen molar-refractivity contribution in [3.8, 4) is 0 Å². The highest BCUT2D eigenvalue weighted by molar-refractivity contribution is 6.08. The number of carboxylic acid groups (broad SMARTS) is 1. The number of fused-ring (bicyclic) bond motifs is 1. The second kappa shape index (κ2) is 6.11. The number of nitrogens with one attached hydrogen (secondary N) is 1. The molecule has 1 aliphatic rings. The van der Waals surface area contributed by atoms with E-state index in [1.54, 1.807) is 6.20 Å². The predicted molar refractivity (Wildman–Crippen MR) is 93.4 cm³/mol. The molecule has 1 aliphatic carbocycles. The first-order valence-electron chi connectivity index (χ1n) is 8.33. The summed E-state index contributed by atoms with van der Waals surface area (Å²) in [6.07, 6.45) is 3.18. The van der Waals surface area contributed by atoms with Gasteiger partial charge < -0.3 is 15.2 Å². The van der Waals surface area contributed by atoms with Crippen LogP contribution in [-0.4, -0.2) is 40.2 Å². The van der Waals surface area contributed by atoms with E-state index in [0.29, 0.717) is 12.2 Å². The summed E-state index contributed by atoms with van der Waals surface area (Å²) >= 11 is 0. The second-order valence-corrected chi connectivity index (χ2v) is 6.94. The molecule has 2 aromatic rings. The quantitative estimate of drug-likeness (QED) is 0.872. The van der Waals surface area contributed by atoms with Gasteiger partial charge in [0.2, 0.25) is 0 Å². The van der Waals surface area contributed by atoms with Gasteiger partial charge in [-0.2, -0.15) is 0 Å². The first kappa shape index (κ1) is 17.4. The lowest BCUT2D eigenvalue weighted by Gasteiger charge is -2.58. The van der Waals surface area contributed by atoms with E-state index >= 15 is 0 Å². The van der Waals surface area contributed by atoms with E-state index in [2.05, 4.69) is 10.3 Å². The van der Waals surface area contributed by atoms with E-state index < -0.39 is 22.8 Å². The molecule has 0 radical (unpaired) electrons. The molecule has 0 aliphatic heterocycles. The van der Waals surface area contributed by atoms with Crippen molar-refractivity contribution in [2.75, 3.05) is 6.61 Å². The number of hydrogen-bond acceptors (Lipinski definition) is 4. The third-order valence-corrected chi connectivity index (χ3v) is 5.37. The van der Waals surface area contributed by atoms with Crippen LogP contribution in [0.15, 0.2) is 36.7 Å². The topological polar surface area (TPSA) is 88.5 Å². The highest BCUT2D eigenvalue weighted by Gasteiger charge is 2.66. The van der Waals surface area contributed by atoms with Gasteiger partial charge in [-0.15, -0.1) is 0 Å². The molecule has 1 saturated carbocycles. The average molecular weight is 342 g/mol. The Morgan fingerprint density at radius 3 is 2.68 bits per heavy atom. The van der Waals surface area contributed by atoms with Crippen molar-refractivity contribution in [2.45, 2.75) is 38.8 Å². The van der Waals surface area contributed by atoms with Gasteiger partial charge in [0.15, 0.2) is 0 Å². The molecule has 0 spiro atoms. The minimum Gasteiger partial charge on any atom is -0.479 e. The van der Waals surface area contributed by atoms with Crippen molar-refractivity contribution in [3.63, 3.8) is 0 Å². The molecule has 132 valence electrons. The number of aliphatic carboxylic acids is 1. The maximum absolute atomic E-state index is 12.9. The van der Waals surface area contributed by atoms with E-state index in [-0.39, 0.29) is 12.5 Å². The Hall–Kier alpha value is -2.47. The van der Waals surface area contributed by atoms with Crippen molar-refractivity contribution in [3.05, 3.63) is 42.2 Å². The number of pyridine rings is 1. The van der Waals surface area contributed by atoms with Crippen molar-refractivity contribution < 1.29 is 19.4 Å². The number of aromatic nitrogens is 1. The number of ether oxygens (including phenoxy) is 1. The number of hydrogen-bond donors (Lipinski definition) is 2. The predicted octanol–water partition coefficient (Wildman–Crippen LogP) is 2.62. The largest absolute Gasteiger partial charge is 0.479 e. The van der Waals surface area contributed by atoms with Crippen LogP contribution in [0.4, 0.5) is 0 Å². The summed E-state index contributed by atoms with van der Waals surface area (Å²) < 4.78 is 5.63. The summed E-state index contributed by atoms with van der Waals surface area (Å²) in [6.45, 7) is 6.00. The van der Waals surface area contributed by atoms with Crippen LogP contribution in [-0.2, 0) is 9.53 Å². The lowest BCUT2D eigenvalue weighted by Crippen LogP contribution is -2.76. The summed E-state index contributed by atoms with van der Waals surface area (Å²) in [4.78, 5) is 29.0. The number of carbonyl (C=O) groups excluding carboxylic acids is 1. The van der Waals surface area contributed by atoms with Crippen LogP contribution < -0.4 is 5.32 Å². The van der Waals surface area contributed by atoms with Gasteiger partial charge in [-0.05, 0) is 12.3 Å². The summed E-state index contributed by atoms with van der Waals surface area (Å²) in [7, 11) is 0. The molecular formula is C19H22N2O4. The lowest BCUT2D eigenvalue weighted by atomic mass is 9.54. The van der Waals surface area contributed by atoms with Crippen molar-refractivity contribution >= 4 is 22.6 Å². The number of rotatable bonds is 5. The van der Waals surface area contributed by atoms with Gasteiger partial charge >= 0.3 is 5.97 Å². The molecule has 1 amide bonds. The molecule has 25 heavy (non-hydrogen) atoms. The molecule has 3 rings (SSSR count). The molecule has 0 saturated heterocycles. The first-order valence-corrected chi connectivity index (χ1v) is 8.33. The molecule has 6 heteroatoms. The third-order valence-electron chi connectivity index (χ3n) is 5.37. The van der Waals surface area contributed by atoms with Gasteiger partial charge in [0.25, 0.3) is 5.91 Å². The first-order chi connectivity index (χ1) is 11.8. The second-order valence-electron chi connectivity index (χ2n) is 6.94. The summed E-state index contributed by atoms with van der Waals surface area (Å²) in [5, 5.41) is 14.2. The van der Waals surface area contributed by atoms with Gasteiger partial charge in [0, 0.05) is 36.2 Å². The lowest BCUT2D eigenvalue weighted by molar-refractivity contribution is -0.190. The van der Waals surface area contributed by atoms with Crippen LogP contribution in [0.25, 0.3) is 10.8 Å². The number of amides is 1. The number of carboxylic acids is 1. The fourth-order valence-electron chi connectivity index (χ4n) is 3.60. The Labute approximate surface area is 146 Å². The maximum atomic E-state index is 12.9. The standard InChI is InChI=1S/C19H22N2O4/c1-4-25-15-9-19(17(23)24,18(15,2)3)21-16(22)14-11-20-10-12-7-5-6-8-13(12)14/h5-8,10-11,15H,4,9H2,1-3H3,(H,21,22)(H,23,24)/t15-,19-/m0/s1. The molecule has 2 atom stereocenters. The van der Waals surface area contributed by atoms with E-state index in [4.69, 9.17) is 4.74 Å². The fraction of sp³-hybridized carbons (Fsp3) is 0.421. The van der Waals surface area contributed by atoms with Crippen LogP contribution >= 0.6 is 0 Å².